The summed E-state index contributed by atoms with van der Waals surface area (Å²) in [6.07, 6.45) is 0. The molecule has 2 rings (SSSR count). The summed E-state index contributed by atoms with van der Waals surface area (Å²) in [4.78, 5) is 0. The summed E-state index contributed by atoms with van der Waals surface area (Å²) < 4.78 is 18.4. The van der Waals surface area contributed by atoms with E-state index in [1.807, 2.05) is 6.07 Å². The van der Waals surface area contributed by atoms with E-state index in [2.05, 4.69) is 22.0 Å². The molecular weight excluding hydrogens is 297 g/mol. The molecule has 2 aromatic carbocycles. The lowest BCUT2D eigenvalue weighted by molar-refractivity contribution is 0.476. The maximum absolute atomic E-state index is 12.8. The van der Waals surface area contributed by atoms with E-state index in [1.165, 1.54) is 12.1 Å². The van der Waals surface area contributed by atoms with Gasteiger partial charge >= 0.3 is 0 Å². The van der Waals surface area contributed by atoms with Gasteiger partial charge in [-0.1, -0.05) is 22.0 Å². The Bertz CT molecular complexity index is 590. The number of benzene rings is 2. The molecule has 0 N–H and O–H groups in total. The molecule has 0 heterocycles. The molecule has 0 saturated carbocycles. The zero-order valence-corrected chi connectivity index (χ0v) is 10.9. The molecule has 0 saturated heterocycles. The molecule has 0 aliphatic carbocycles. The Morgan fingerprint density at radius 1 is 1.17 bits per heavy atom. The minimum absolute atomic E-state index is 0.311. The average molecular weight is 306 g/mol. The van der Waals surface area contributed by atoms with Crippen molar-refractivity contribution >= 4 is 15.9 Å². The fraction of sp³-hybridized carbons (Fsp3) is 0.0714. The molecule has 4 heteroatoms. The van der Waals surface area contributed by atoms with Crippen molar-refractivity contribution < 1.29 is 9.13 Å². The average Bonchev–Trinajstić information content (AvgIpc) is 2.41. The summed E-state index contributed by atoms with van der Waals surface area (Å²) in [5, 5.41) is 9.48. The minimum atomic E-state index is -0.311. The van der Waals surface area contributed by atoms with E-state index in [1.54, 1.807) is 24.3 Å². The molecule has 0 atom stereocenters. The predicted molar refractivity (Wildman–Crippen MR) is 70.3 cm³/mol. The van der Waals surface area contributed by atoms with Gasteiger partial charge in [0, 0.05) is 10.9 Å². The zero-order chi connectivity index (χ0) is 13.0. The summed E-state index contributed by atoms with van der Waals surface area (Å²) >= 11 is 3.36. The van der Waals surface area contributed by atoms with Gasteiger partial charge in [-0.25, -0.2) is 4.39 Å². The van der Waals surface area contributed by atoms with Crippen LogP contribution in [0.3, 0.4) is 0 Å². The fourth-order valence-electron chi connectivity index (χ4n) is 1.46. The lowest BCUT2D eigenvalue weighted by atomic mass is 10.1. The van der Waals surface area contributed by atoms with Crippen LogP contribution in [0.25, 0.3) is 0 Å². The number of hydrogen-bond acceptors (Lipinski definition) is 2. The maximum Gasteiger partial charge on any atom is 0.132 e. The first-order valence-electron chi connectivity index (χ1n) is 5.25. The number of hydrogen-bond donors (Lipinski definition) is 0. The van der Waals surface area contributed by atoms with Gasteiger partial charge < -0.3 is 4.74 Å². The number of nitrogens with zero attached hydrogens (tertiary/aromatic N) is 1. The van der Waals surface area contributed by atoms with Crippen LogP contribution >= 0.6 is 15.9 Å². The van der Waals surface area contributed by atoms with Crippen molar-refractivity contribution in [2.24, 2.45) is 0 Å². The molecule has 2 aromatic rings. The summed E-state index contributed by atoms with van der Waals surface area (Å²) in [5.41, 5.74) is 1.45. The lowest BCUT2D eigenvalue weighted by Crippen LogP contribution is -1.91. The summed E-state index contributed by atoms with van der Waals surface area (Å²) in [6, 6.07) is 13.0. The summed E-state index contributed by atoms with van der Waals surface area (Å²) in [5.74, 6) is 0.820. The van der Waals surface area contributed by atoms with Crippen molar-refractivity contribution in [2.45, 2.75) is 5.33 Å². The van der Waals surface area contributed by atoms with Gasteiger partial charge in [0.25, 0.3) is 0 Å². The van der Waals surface area contributed by atoms with Gasteiger partial charge in [0.2, 0.25) is 0 Å². The second kappa shape index (κ2) is 5.65. The first kappa shape index (κ1) is 12.6. The molecule has 0 unspecified atom stereocenters. The molecule has 0 spiro atoms. The van der Waals surface area contributed by atoms with Gasteiger partial charge in [0.1, 0.15) is 17.3 Å². The van der Waals surface area contributed by atoms with Gasteiger partial charge in [-0.05, 0) is 36.4 Å². The lowest BCUT2D eigenvalue weighted by Gasteiger charge is -2.09. The van der Waals surface area contributed by atoms with Crippen LogP contribution in [0, 0.1) is 17.1 Å². The molecule has 0 fully saturated rings. The number of rotatable bonds is 3. The molecular formula is C14H9BrFNO. The largest absolute Gasteiger partial charge is 0.457 e. The van der Waals surface area contributed by atoms with Crippen molar-refractivity contribution in [1.82, 2.24) is 0 Å². The Labute approximate surface area is 113 Å². The highest BCUT2D eigenvalue weighted by Gasteiger charge is 2.06. The maximum atomic E-state index is 12.8. The Kier molecular flexibility index (Phi) is 3.96. The molecule has 0 radical (unpaired) electrons. The molecule has 0 aliphatic rings. The van der Waals surface area contributed by atoms with Crippen LogP contribution in [0.1, 0.15) is 11.1 Å². The Balaban J connectivity index is 2.32. The van der Waals surface area contributed by atoms with Crippen molar-refractivity contribution in [3.63, 3.8) is 0 Å². The standard InChI is InChI=1S/C14H9BrFNO/c15-8-11-2-1-10(9-17)7-14(11)18-13-5-3-12(16)4-6-13/h1-7H,8H2. The van der Waals surface area contributed by atoms with Crippen LogP contribution in [0.15, 0.2) is 42.5 Å². The quantitative estimate of drug-likeness (QED) is 0.788. The van der Waals surface area contributed by atoms with E-state index in [-0.39, 0.29) is 5.82 Å². The Morgan fingerprint density at radius 2 is 1.89 bits per heavy atom. The van der Waals surface area contributed by atoms with E-state index in [4.69, 9.17) is 10.00 Å². The molecule has 0 aliphatic heterocycles. The number of alkyl halides is 1. The second-order valence-electron chi connectivity index (χ2n) is 3.62. The molecule has 2 nitrogen and oxygen atoms in total. The Hall–Kier alpha value is -1.86. The van der Waals surface area contributed by atoms with Gasteiger partial charge in [-0.15, -0.1) is 0 Å². The summed E-state index contributed by atoms with van der Waals surface area (Å²) in [7, 11) is 0. The normalized spacial score (nSPS) is 9.83. The molecule has 0 amide bonds. The molecule has 0 aromatic heterocycles. The van der Waals surface area contributed by atoms with Gasteiger partial charge in [0.15, 0.2) is 0 Å². The highest BCUT2D eigenvalue weighted by Crippen LogP contribution is 2.28. The molecule has 0 bridgehead atoms. The van der Waals surface area contributed by atoms with E-state index in [0.717, 1.165) is 5.56 Å². The predicted octanol–water partition coefficient (Wildman–Crippen LogP) is 4.38. The van der Waals surface area contributed by atoms with Gasteiger partial charge in [-0.2, -0.15) is 5.26 Å². The summed E-state index contributed by atoms with van der Waals surface area (Å²) in [6.45, 7) is 0. The highest BCUT2D eigenvalue weighted by molar-refractivity contribution is 9.08. The van der Waals surface area contributed by atoms with E-state index in [9.17, 15) is 4.39 Å². The van der Waals surface area contributed by atoms with E-state index < -0.39 is 0 Å². The fourth-order valence-corrected chi connectivity index (χ4v) is 1.92. The minimum Gasteiger partial charge on any atom is -0.457 e. The number of halogens is 2. The number of ether oxygens (including phenoxy) is 1. The van der Waals surface area contributed by atoms with Crippen LogP contribution in [-0.2, 0) is 5.33 Å². The first-order chi connectivity index (χ1) is 8.72. The third-order valence-corrected chi connectivity index (χ3v) is 2.99. The van der Waals surface area contributed by atoms with E-state index >= 15 is 0 Å². The van der Waals surface area contributed by atoms with Crippen LogP contribution in [0.2, 0.25) is 0 Å². The van der Waals surface area contributed by atoms with Crippen LogP contribution in [0.5, 0.6) is 11.5 Å². The third kappa shape index (κ3) is 2.88. The third-order valence-electron chi connectivity index (χ3n) is 2.38. The van der Waals surface area contributed by atoms with Crippen LogP contribution in [-0.4, -0.2) is 0 Å². The smallest absolute Gasteiger partial charge is 0.132 e. The number of nitriles is 1. The Morgan fingerprint density at radius 3 is 2.50 bits per heavy atom. The van der Waals surface area contributed by atoms with E-state index in [0.29, 0.717) is 22.4 Å². The molecule has 18 heavy (non-hydrogen) atoms. The van der Waals surface area contributed by atoms with Crippen LogP contribution in [0.4, 0.5) is 4.39 Å². The first-order valence-corrected chi connectivity index (χ1v) is 6.37. The zero-order valence-electron chi connectivity index (χ0n) is 9.36. The van der Waals surface area contributed by atoms with Crippen molar-refractivity contribution in [2.75, 3.05) is 0 Å². The molecule has 90 valence electrons. The highest BCUT2D eigenvalue weighted by atomic mass is 79.9. The SMILES string of the molecule is N#Cc1ccc(CBr)c(Oc2ccc(F)cc2)c1. The van der Waals surface area contributed by atoms with Crippen molar-refractivity contribution in [1.29, 1.82) is 5.26 Å². The van der Waals surface area contributed by atoms with Crippen molar-refractivity contribution in [3.8, 4) is 17.6 Å². The monoisotopic (exact) mass is 305 g/mol. The van der Waals surface area contributed by atoms with Crippen LogP contribution < -0.4 is 4.74 Å². The second-order valence-corrected chi connectivity index (χ2v) is 4.18. The van der Waals surface area contributed by atoms with Crippen molar-refractivity contribution in [3.05, 3.63) is 59.4 Å². The van der Waals surface area contributed by atoms with Gasteiger partial charge in [0.05, 0.1) is 11.6 Å². The topological polar surface area (TPSA) is 33.0 Å². The van der Waals surface area contributed by atoms with Gasteiger partial charge in [-0.3, -0.25) is 0 Å².